The summed E-state index contributed by atoms with van der Waals surface area (Å²) in [6.07, 6.45) is 2.47. The van der Waals surface area contributed by atoms with Crippen molar-refractivity contribution in [2.45, 2.75) is 26.2 Å². The molecule has 112 valence electrons. The van der Waals surface area contributed by atoms with Crippen molar-refractivity contribution in [3.8, 4) is 0 Å². The molecule has 2 aliphatic rings. The lowest BCUT2D eigenvalue weighted by Crippen LogP contribution is -2.41. The first-order valence-electron chi connectivity index (χ1n) is 7.51. The molecule has 1 aliphatic heterocycles. The van der Waals surface area contributed by atoms with E-state index in [1.54, 1.807) is 0 Å². The molecule has 0 unspecified atom stereocenters. The van der Waals surface area contributed by atoms with Crippen molar-refractivity contribution in [1.29, 1.82) is 0 Å². The Morgan fingerprint density at radius 2 is 2.05 bits per heavy atom. The van der Waals surface area contributed by atoms with Gasteiger partial charge in [0.15, 0.2) is 0 Å². The zero-order valence-corrected chi connectivity index (χ0v) is 12.4. The minimum Gasteiger partial charge on any atom is -0.463 e. The van der Waals surface area contributed by atoms with Crippen molar-refractivity contribution >= 4 is 11.7 Å². The highest BCUT2D eigenvalue weighted by Crippen LogP contribution is 2.48. The largest absolute Gasteiger partial charge is 0.463 e. The summed E-state index contributed by atoms with van der Waals surface area (Å²) in [5.74, 6) is -0.272. The molecule has 1 aromatic rings. The molecule has 0 amide bonds. The molecular weight excluding hydrogens is 266 g/mol. The lowest BCUT2D eigenvalue weighted by Gasteiger charge is -2.42. The van der Waals surface area contributed by atoms with E-state index in [1.807, 2.05) is 25.1 Å². The summed E-state index contributed by atoms with van der Waals surface area (Å²) in [7, 11) is 0. The standard InChI is InChI=1S/C17H21NO3/c1-2-21-16(19)14-15(18)13-6-4-3-5-12(13)11-17(14)7-9-20-10-8-17/h3-6H,2,7-11,18H2,1H3. The van der Waals surface area contributed by atoms with Crippen molar-refractivity contribution in [2.75, 3.05) is 19.8 Å². The van der Waals surface area contributed by atoms with E-state index < -0.39 is 0 Å². The van der Waals surface area contributed by atoms with E-state index in [0.717, 1.165) is 24.8 Å². The first-order chi connectivity index (χ1) is 10.2. The van der Waals surface area contributed by atoms with Crippen LogP contribution >= 0.6 is 0 Å². The van der Waals surface area contributed by atoms with Crippen LogP contribution in [0.15, 0.2) is 29.8 Å². The summed E-state index contributed by atoms with van der Waals surface area (Å²) in [5.41, 5.74) is 9.55. The predicted octanol–water partition coefficient (Wildman–Crippen LogP) is 2.27. The zero-order chi connectivity index (χ0) is 14.9. The molecule has 1 aliphatic carbocycles. The predicted molar refractivity (Wildman–Crippen MR) is 80.4 cm³/mol. The van der Waals surface area contributed by atoms with Crippen LogP contribution in [0.4, 0.5) is 0 Å². The van der Waals surface area contributed by atoms with Gasteiger partial charge < -0.3 is 15.2 Å². The van der Waals surface area contributed by atoms with Gasteiger partial charge >= 0.3 is 5.97 Å². The van der Waals surface area contributed by atoms with Crippen LogP contribution in [-0.4, -0.2) is 25.8 Å². The Hall–Kier alpha value is -1.81. The Morgan fingerprint density at radius 3 is 2.76 bits per heavy atom. The summed E-state index contributed by atoms with van der Waals surface area (Å²) in [6.45, 7) is 3.52. The molecule has 1 spiro atoms. The molecule has 1 aromatic carbocycles. The Labute approximate surface area is 124 Å². The minimum absolute atomic E-state index is 0.233. The minimum atomic E-state index is -0.272. The quantitative estimate of drug-likeness (QED) is 0.848. The summed E-state index contributed by atoms with van der Waals surface area (Å²) in [5, 5.41) is 0. The smallest absolute Gasteiger partial charge is 0.336 e. The number of hydrogen-bond donors (Lipinski definition) is 1. The third kappa shape index (κ3) is 2.33. The molecule has 21 heavy (non-hydrogen) atoms. The van der Waals surface area contributed by atoms with E-state index in [0.29, 0.717) is 31.1 Å². The van der Waals surface area contributed by atoms with E-state index in [1.165, 1.54) is 5.56 Å². The number of carbonyl (C=O) groups excluding carboxylic acids is 1. The number of benzene rings is 1. The molecule has 0 saturated carbocycles. The van der Waals surface area contributed by atoms with Crippen molar-refractivity contribution < 1.29 is 14.3 Å². The van der Waals surface area contributed by atoms with Crippen LogP contribution in [0.5, 0.6) is 0 Å². The van der Waals surface area contributed by atoms with Crippen molar-refractivity contribution in [2.24, 2.45) is 11.1 Å². The molecule has 2 N–H and O–H groups in total. The van der Waals surface area contributed by atoms with Crippen LogP contribution in [-0.2, 0) is 20.7 Å². The van der Waals surface area contributed by atoms with Gasteiger partial charge in [0.05, 0.1) is 17.9 Å². The summed E-state index contributed by atoms with van der Waals surface area (Å²) in [4.78, 5) is 12.5. The average Bonchev–Trinajstić information content (AvgIpc) is 2.48. The molecule has 4 nitrogen and oxygen atoms in total. The zero-order valence-electron chi connectivity index (χ0n) is 12.4. The molecule has 3 rings (SSSR count). The fraction of sp³-hybridized carbons (Fsp3) is 0.471. The van der Waals surface area contributed by atoms with Gasteiger partial charge in [-0.1, -0.05) is 24.3 Å². The van der Waals surface area contributed by atoms with Crippen LogP contribution in [0.3, 0.4) is 0 Å². The normalized spacial score (nSPS) is 20.2. The van der Waals surface area contributed by atoms with Gasteiger partial charge in [-0.25, -0.2) is 4.79 Å². The average molecular weight is 287 g/mol. The van der Waals surface area contributed by atoms with Gasteiger partial charge in [-0.15, -0.1) is 0 Å². The van der Waals surface area contributed by atoms with E-state index in [2.05, 4.69) is 6.07 Å². The number of hydrogen-bond acceptors (Lipinski definition) is 4. The highest BCUT2D eigenvalue weighted by molar-refractivity contribution is 5.99. The van der Waals surface area contributed by atoms with E-state index in [-0.39, 0.29) is 11.4 Å². The fourth-order valence-electron chi connectivity index (χ4n) is 3.53. The molecule has 0 atom stereocenters. The van der Waals surface area contributed by atoms with Crippen molar-refractivity contribution in [3.63, 3.8) is 0 Å². The SMILES string of the molecule is CCOC(=O)C1=C(N)c2ccccc2CC12CCOCC2. The molecular formula is C17H21NO3. The van der Waals surface area contributed by atoms with Crippen LogP contribution in [0.25, 0.3) is 5.70 Å². The lowest BCUT2D eigenvalue weighted by molar-refractivity contribution is -0.140. The van der Waals surface area contributed by atoms with Gasteiger partial charge in [0, 0.05) is 24.2 Å². The Bertz CT molecular complexity index is 585. The van der Waals surface area contributed by atoms with E-state index in [4.69, 9.17) is 15.2 Å². The van der Waals surface area contributed by atoms with Gasteiger partial charge in [-0.3, -0.25) is 0 Å². The number of carbonyl (C=O) groups is 1. The molecule has 4 heteroatoms. The van der Waals surface area contributed by atoms with Crippen LogP contribution in [0, 0.1) is 5.41 Å². The Morgan fingerprint density at radius 1 is 1.33 bits per heavy atom. The number of rotatable bonds is 2. The molecule has 0 aromatic heterocycles. The number of nitrogens with two attached hydrogens (primary N) is 1. The summed E-state index contributed by atoms with van der Waals surface area (Å²) in [6, 6.07) is 8.06. The van der Waals surface area contributed by atoms with E-state index >= 15 is 0 Å². The topological polar surface area (TPSA) is 61.5 Å². The highest BCUT2D eigenvalue weighted by Gasteiger charge is 2.45. The molecule has 0 radical (unpaired) electrons. The summed E-state index contributed by atoms with van der Waals surface area (Å²) >= 11 is 0. The Balaban J connectivity index is 2.13. The number of fused-ring (bicyclic) bond motifs is 1. The second-order valence-corrected chi connectivity index (χ2v) is 5.74. The number of ether oxygens (including phenoxy) is 2. The van der Waals surface area contributed by atoms with Crippen LogP contribution in [0.1, 0.15) is 30.9 Å². The maximum atomic E-state index is 12.5. The lowest BCUT2D eigenvalue weighted by atomic mass is 9.65. The molecule has 0 bridgehead atoms. The third-order valence-electron chi connectivity index (χ3n) is 4.57. The van der Waals surface area contributed by atoms with Gasteiger partial charge in [0.1, 0.15) is 0 Å². The second kappa shape index (κ2) is 5.53. The van der Waals surface area contributed by atoms with Crippen LogP contribution < -0.4 is 5.73 Å². The van der Waals surface area contributed by atoms with Gasteiger partial charge in [0.25, 0.3) is 0 Å². The second-order valence-electron chi connectivity index (χ2n) is 5.74. The maximum Gasteiger partial charge on any atom is 0.336 e. The van der Waals surface area contributed by atoms with Crippen LogP contribution in [0.2, 0.25) is 0 Å². The van der Waals surface area contributed by atoms with Crippen molar-refractivity contribution in [1.82, 2.24) is 0 Å². The molecule has 1 heterocycles. The van der Waals surface area contributed by atoms with Crippen molar-refractivity contribution in [3.05, 3.63) is 41.0 Å². The fourth-order valence-corrected chi connectivity index (χ4v) is 3.53. The third-order valence-corrected chi connectivity index (χ3v) is 4.57. The molecule has 1 fully saturated rings. The first-order valence-corrected chi connectivity index (χ1v) is 7.51. The monoisotopic (exact) mass is 287 g/mol. The maximum absolute atomic E-state index is 12.5. The van der Waals surface area contributed by atoms with Gasteiger partial charge in [0.2, 0.25) is 0 Å². The highest BCUT2D eigenvalue weighted by atomic mass is 16.5. The van der Waals surface area contributed by atoms with E-state index in [9.17, 15) is 4.79 Å². The number of esters is 1. The van der Waals surface area contributed by atoms with Gasteiger partial charge in [-0.2, -0.15) is 0 Å². The summed E-state index contributed by atoms with van der Waals surface area (Å²) < 4.78 is 10.8. The van der Waals surface area contributed by atoms with Gasteiger partial charge in [-0.05, 0) is 31.7 Å². The Kier molecular flexibility index (Phi) is 3.72. The first kappa shape index (κ1) is 14.1. The molecule has 1 saturated heterocycles.